The van der Waals surface area contributed by atoms with Crippen LogP contribution in [0, 0.1) is 0 Å². The molecule has 290 valence electrons. The number of hydrogen-bond acceptors (Lipinski definition) is 4. The number of rotatable bonds is 7. The zero-order valence-electron chi connectivity index (χ0n) is 33.7. The highest BCUT2D eigenvalue weighted by molar-refractivity contribution is 7.26. The Labute approximate surface area is 364 Å². The van der Waals surface area contributed by atoms with Crippen LogP contribution in [0.5, 0.6) is 0 Å². The molecule has 62 heavy (non-hydrogen) atoms. The van der Waals surface area contributed by atoms with E-state index in [9.17, 15) is 0 Å². The summed E-state index contributed by atoms with van der Waals surface area (Å²) in [6.45, 7) is 0. The highest BCUT2D eigenvalue weighted by atomic mass is 32.1. The van der Waals surface area contributed by atoms with Gasteiger partial charge in [0.15, 0.2) is 0 Å². The summed E-state index contributed by atoms with van der Waals surface area (Å²) in [5.41, 5.74) is 20.5. The molecule has 3 nitrogen and oxygen atoms in total. The molecule has 11 aromatic rings. The van der Waals surface area contributed by atoms with Gasteiger partial charge in [0, 0.05) is 36.9 Å². The molecule has 0 radical (unpaired) electrons. The van der Waals surface area contributed by atoms with Crippen LogP contribution in [0.4, 0.5) is 0 Å². The minimum Gasteiger partial charge on any atom is -0.135 e. The largest absolute Gasteiger partial charge is 0.135 e. The lowest BCUT2D eigenvalue weighted by Crippen LogP contribution is -2.02. The first-order chi connectivity index (χ1) is 30.8. The molecule has 2 heterocycles. The van der Waals surface area contributed by atoms with Crippen molar-refractivity contribution in [3.05, 3.63) is 223 Å². The van der Waals surface area contributed by atoms with Crippen molar-refractivity contribution >= 4 is 31.5 Å². The van der Waals surface area contributed by atoms with Gasteiger partial charge in [0.2, 0.25) is 0 Å². The number of benzene rings is 9. The van der Waals surface area contributed by atoms with Gasteiger partial charge in [-0.1, -0.05) is 194 Å². The molecule has 0 spiro atoms. The van der Waals surface area contributed by atoms with Crippen molar-refractivity contribution in [3.8, 4) is 89.3 Å². The van der Waals surface area contributed by atoms with Crippen LogP contribution in [0.2, 0.25) is 0 Å². The summed E-state index contributed by atoms with van der Waals surface area (Å²) in [6, 6.07) is 76.6. The Kier molecular flexibility index (Phi) is 8.75. The minimum atomic E-state index is 0.794. The number of hydrogen-bond donors (Lipinski definition) is 0. The van der Waals surface area contributed by atoms with Gasteiger partial charge in [0.05, 0.1) is 0 Å². The standard InChI is InChI=1S/C58H37N3S/c1-5-19-37(20-6-1)47-36-48-42-28-14-13-27-41(42)35-49(48)55(52(47)38-21-7-2-8-22-38)46-33-34-51-56(45-31-17-18-32-50(45)62-51)54(46)43-29-15-16-30-44(43)58-53(39-23-9-3-10-24-39)57(59-61-60-58)40-25-11-4-12-26-40/h1-34,36H,35H2. The molecular formula is C58H37N3S. The smallest absolute Gasteiger partial charge is 0.105 e. The topological polar surface area (TPSA) is 38.7 Å². The molecule has 1 aliphatic carbocycles. The summed E-state index contributed by atoms with van der Waals surface area (Å²) in [4.78, 5) is 0. The molecule has 2 aromatic heterocycles. The van der Waals surface area contributed by atoms with Gasteiger partial charge in [-0.05, 0) is 102 Å². The van der Waals surface area contributed by atoms with Crippen molar-refractivity contribution < 1.29 is 0 Å². The van der Waals surface area contributed by atoms with Crippen molar-refractivity contribution in [1.29, 1.82) is 0 Å². The first-order valence-electron chi connectivity index (χ1n) is 21.1. The van der Waals surface area contributed by atoms with E-state index >= 15 is 0 Å². The summed E-state index contributed by atoms with van der Waals surface area (Å²) >= 11 is 1.85. The Bertz CT molecular complexity index is 3470. The lowest BCUT2D eigenvalue weighted by molar-refractivity contribution is 0.879. The van der Waals surface area contributed by atoms with Gasteiger partial charge in [-0.2, -0.15) is 0 Å². The van der Waals surface area contributed by atoms with Crippen molar-refractivity contribution in [2.45, 2.75) is 6.42 Å². The van der Waals surface area contributed by atoms with Crippen LogP contribution >= 0.6 is 11.3 Å². The molecule has 0 saturated carbocycles. The zero-order chi connectivity index (χ0) is 41.0. The van der Waals surface area contributed by atoms with E-state index in [2.05, 4.69) is 211 Å². The molecule has 0 bridgehead atoms. The Morgan fingerprint density at radius 1 is 0.339 bits per heavy atom. The summed E-state index contributed by atoms with van der Waals surface area (Å²) in [5, 5.41) is 16.7. The fourth-order valence-electron chi connectivity index (χ4n) is 9.72. The lowest BCUT2D eigenvalue weighted by Gasteiger charge is -2.24. The fourth-order valence-corrected chi connectivity index (χ4v) is 10.8. The van der Waals surface area contributed by atoms with Crippen molar-refractivity contribution in [3.63, 3.8) is 0 Å². The van der Waals surface area contributed by atoms with Crippen LogP contribution in [0.1, 0.15) is 11.1 Å². The van der Waals surface area contributed by atoms with Gasteiger partial charge >= 0.3 is 0 Å². The van der Waals surface area contributed by atoms with Gasteiger partial charge in [-0.25, -0.2) is 0 Å². The molecule has 0 saturated heterocycles. The van der Waals surface area contributed by atoms with Gasteiger partial charge in [0.1, 0.15) is 11.4 Å². The first-order valence-corrected chi connectivity index (χ1v) is 21.9. The second-order valence-electron chi connectivity index (χ2n) is 15.9. The molecule has 0 amide bonds. The molecule has 1 aliphatic rings. The van der Waals surface area contributed by atoms with E-state index in [0.29, 0.717) is 0 Å². The zero-order valence-corrected chi connectivity index (χ0v) is 34.5. The molecule has 0 fully saturated rings. The third-order valence-corrected chi connectivity index (χ3v) is 13.5. The third kappa shape index (κ3) is 5.91. The van der Waals surface area contributed by atoms with Crippen LogP contribution in [0.3, 0.4) is 0 Å². The van der Waals surface area contributed by atoms with Gasteiger partial charge in [0.25, 0.3) is 0 Å². The molecule has 0 aliphatic heterocycles. The van der Waals surface area contributed by atoms with Crippen molar-refractivity contribution in [2.75, 3.05) is 0 Å². The van der Waals surface area contributed by atoms with E-state index in [-0.39, 0.29) is 0 Å². The number of fused-ring (bicyclic) bond motifs is 6. The summed E-state index contributed by atoms with van der Waals surface area (Å²) < 4.78 is 2.51. The maximum absolute atomic E-state index is 4.98. The molecule has 0 N–H and O–H groups in total. The molecule has 0 unspecified atom stereocenters. The van der Waals surface area contributed by atoms with E-state index in [1.54, 1.807) is 0 Å². The van der Waals surface area contributed by atoms with Crippen molar-refractivity contribution in [2.24, 2.45) is 0 Å². The predicted molar refractivity (Wildman–Crippen MR) is 259 cm³/mol. The van der Waals surface area contributed by atoms with Gasteiger partial charge in [-0.15, -0.1) is 21.5 Å². The Morgan fingerprint density at radius 2 is 0.903 bits per heavy atom. The Hall–Kier alpha value is -7.79. The second-order valence-corrected chi connectivity index (χ2v) is 16.9. The van der Waals surface area contributed by atoms with E-state index < -0.39 is 0 Å². The van der Waals surface area contributed by atoms with Crippen LogP contribution in [-0.4, -0.2) is 15.4 Å². The molecular weight excluding hydrogens is 771 g/mol. The van der Waals surface area contributed by atoms with Crippen LogP contribution in [-0.2, 0) is 6.42 Å². The van der Waals surface area contributed by atoms with Crippen LogP contribution in [0.15, 0.2) is 212 Å². The predicted octanol–water partition coefficient (Wildman–Crippen LogP) is 15.5. The second kappa shape index (κ2) is 15.0. The third-order valence-electron chi connectivity index (χ3n) is 12.4. The number of nitrogens with zero attached hydrogens (tertiary/aromatic N) is 3. The highest BCUT2D eigenvalue weighted by Gasteiger charge is 2.31. The normalized spacial score (nSPS) is 11.8. The Balaban J connectivity index is 1.25. The lowest BCUT2D eigenvalue weighted by atomic mass is 9.79. The quantitative estimate of drug-likeness (QED) is 0.161. The van der Waals surface area contributed by atoms with E-state index in [1.807, 2.05) is 17.4 Å². The highest BCUT2D eigenvalue weighted by Crippen LogP contribution is 2.55. The summed E-state index contributed by atoms with van der Waals surface area (Å²) in [7, 11) is 0. The van der Waals surface area contributed by atoms with E-state index in [0.717, 1.165) is 45.6 Å². The van der Waals surface area contributed by atoms with E-state index in [1.165, 1.54) is 81.4 Å². The number of thiophene rings is 1. The van der Waals surface area contributed by atoms with E-state index in [4.69, 9.17) is 10.2 Å². The monoisotopic (exact) mass is 807 g/mol. The molecule has 9 aromatic carbocycles. The van der Waals surface area contributed by atoms with Crippen LogP contribution in [0.25, 0.3) is 109 Å². The Morgan fingerprint density at radius 3 is 1.63 bits per heavy atom. The first kappa shape index (κ1) is 36.1. The molecule has 4 heteroatoms. The average molecular weight is 808 g/mol. The maximum atomic E-state index is 4.98. The fraction of sp³-hybridized carbons (Fsp3) is 0.0172. The maximum Gasteiger partial charge on any atom is 0.105 e. The summed E-state index contributed by atoms with van der Waals surface area (Å²) in [6.07, 6.45) is 0.841. The number of aromatic nitrogens is 3. The average Bonchev–Trinajstić information content (AvgIpc) is 3.92. The SMILES string of the molecule is c1ccc(-c2cc3c(c(-c4ccc5sc6ccccc6c5c4-c4ccccc4-c4nnnc(-c5ccccc5)c4-c4ccccc4)c2-c2ccccc2)Cc2ccccc2-3)cc1. The van der Waals surface area contributed by atoms with Crippen molar-refractivity contribution in [1.82, 2.24) is 15.4 Å². The van der Waals surface area contributed by atoms with Crippen LogP contribution < -0.4 is 0 Å². The van der Waals surface area contributed by atoms with Gasteiger partial charge < -0.3 is 0 Å². The minimum absolute atomic E-state index is 0.794. The van der Waals surface area contributed by atoms with Gasteiger partial charge in [-0.3, -0.25) is 0 Å². The molecule has 0 atom stereocenters. The molecule has 12 rings (SSSR count). The summed E-state index contributed by atoms with van der Waals surface area (Å²) in [5.74, 6) is 0.